The average Bonchev–Trinajstić information content (AvgIpc) is 2.97. The molecular weight excluding hydrogens is 204 g/mol. The third-order valence-electron chi connectivity index (χ3n) is 3.45. The molecule has 0 amide bonds. The second kappa shape index (κ2) is 4.14. The van der Waals surface area contributed by atoms with E-state index in [1.54, 1.807) is 0 Å². The van der Waals surface area contributed by atoms with Crippen LogP contribution in [0.2, 0.25) is 0 Å². The number of nitrogens with zero attached hydrogens (tertiary/aromatic N) is 3. The van der Waals surface area contributed by atoms with Crippen LogP contribution in [0.5, 0.6) is 0 Å². The van der Waals surface area contributed by atoms with E-state index in [1.807, 2.05) is 0 Å². The Labute approximate surface area is 95.2 Å². The number of likely N-dealkylation sites (N-methyl/N-ethyl adjacent to an activating group) is 1. The first-order valence-electron chi connectivity index (χ1n) is 6.06. The predicted molar refractivity (Wildman–Crippen MR) is 59.0 cm³/mol. The third kappa shape index (κ3) is 2.10. The number of piperazine rings is 1. The van der Waals surface area contributed by atoms with Crippen molar-refractivity contribution in [3.05, 3.63) is 11.7 Å². The molecule has 1 saturated carbocycles. The first kappa shape index (κ1) is 10.2. The first-order chi connectivity index (χ1) is 7.83. The van der Waals surface area contributed by atoms with Crippen molar-refractivity contribution in [1.29, 1.82) is 0 Å². The number of aromatic nitrogens is 2. The predicted octanol–water partition coefficient (Wildman–Crippen LogP) is 0.598. The van der Waals surface area contributed by atoms with Gasteiger partial charge in [-0.3, -0.25) is 4.90 Å². The zero-order valence-electron chi connectivity index (χ0n) is 9.65. The van der Waals surface area contributed by atoms with Crippen molar-refractivity contribution in [2.24, 2.45) is 5.92 Å². The highest BCUT2D eigenvalue weighted by atomic mass is 16.5. The Kier molecular flexibility index (Phi) is 2.65. The average molecular weight is 222 g/mol. The van der Waals surface area contributed by atoms with Gasteiger partial charge in [0.05, 0.1) is 6.04 Å². The minimum atomic E-state index is 0.269. The van der Waals surface area contributed by atoms with Gasteiger partial charge in [0, 0.05) is 26.1 Å². The van der Waals surface area contributed by atoms with E-state index in [9.17, 15) is 0 Å². The molecule has 88 valence electrons. The summed E-state index contributed by atoms with van der Waals surface area (Å²) in [6, 6.07) is 0.269. The van der Waals surface area contributed by atoms with Crippen molar-refractivity contribution in [3.8, 4) is 0 Å². The van der Waals surface area contributed by atoms with E-state index in [2.05, 4.69) is 27.4 Å². The summed E-state index contributed by atoms with van der Waals surface area (Å²) in [5.74, 6) is 2.46. The largest absolute Gasteiger partial charge is 0.339 e. The highest BCUT2D eigenvalue weighted by Gasteiger charge is 2.28. The lowest BCUT2D eigenvalue weighted by Gasteiger charge is -2.30. The van der Waals surface area contributed by atoms with Crippen molar-refractivity contribution < 1.29 is 4.52 Å². The van der Waals surface area contributed by atoms with Crippen LogP contribution in [0, 0.1) is 5.92 Å². The minimum absolute atomic E-state index is 0.269. The van der Waals surface area contributed by atoms with Crippen LogP contribution in [0.3, 0.4) is 0 Å². The van der Waals surface area contributed by atoms with Gasteiger partial charge in [-0.1, -0.05) is 5.16 Å². The standard InChI is InChI=1S/C11H18N4O/c1-15-5-4-12-7-9(15)11-13-10(16-14-11)6-8-2-3-8/h8-9,12H,2-7H2,1H3. The lowest BCUT2D eigenvalue weighted by molar-refractivity contribution is 0.190. The van der Waals surface area contributed by atoms with E-state index in [-0.39, 0.29) is 6.04 Å². The van der Waals surface area contributed by atoms with Crippen LogP contribution in [0.15, 0.2) is 4.52 Å². The van der Waals surface area contributed by atoms with Gasteiger partial charge in [0.1, 0.15) is 0 Å². The van der Waals surface area contributed by atoms with Gasteiger partial charge in [-0.25, -0.2) is 0 Å². The van der Waals surface area contributed by atoms with Gasteiger partial charge in [-0.2, -0.15) is 4.98 Å². The fourth-order valence-electron chi connectivity index (χ4n) is 2.15. The van der Waals surface area contributed by atoms with Crippen LogP contribution < -0.4 is 5.32 Å². The molecule has 5 nitrogen and oxygen atoms in total. The van der Waals surface area contributed by atoms with Crippen LogP contribution >= 0.6 is 0 Å². The second-order valence-corrected chi connectivity index (χ2v) is 4.89. The monoisotopic (exact) mass is 222 g/mol. The summed E-state index contributed by atoms with van der Waals surface area (Å²) in [4.78, 5) is 6.79. The molecule has 2 aliphatic rings. The fraction of sp³-hybridized carbons (Fsp3) is 0.818. The Morgan fingerprint density at radius 3 is 3.12 bits per heavy atom. The quantitative estimate of drug-likeness (QED) is 0.811. The van der Waals surface area contributed by atoms with Gasteiger partial charge in [-0.05, 0) is 25.8 Å². The molecule has 0 spiro atoms. The van der Waals surface area contributed by atoms with Crippen LogP contribution in [-0.2, 0) is 6.42 Å². The van der Waals surface area contributed by atoms with Crippen LogP contribution in [0.1, 0.15) is 30.6 Å². The molecule has 1 aliphatic carbocycles. The second-order valence-electron chi connectivity index (χ2n) is 4.89. The van der Waals surface area contributed by atoms with Gasteiger partial charge in [-0.15, -0.1) is 0 Å². The molecule has 1 saturated heterocycles. The lowest BCUT2D eigenvalue weighted by Crippen LogP contribution is -2.44. The minimum Gasteiger partial charge on any atom is -0.339 e. The summed E-state index contributed by atoms with van der Waals surface area (Å²) in [6.45, 7) is 3.00. The van der Waals surface area contributed by atoms with Crippen LogP contribution in [0.4, 0.5) is 0 Å². The maximum absolute atomic E-state index is 5.30. The molecule has 1 aromatic rings. The molecule has 3 rings (SSSR count). The summed E-state index contributed by atoms with van der Waals surface area (Å²) in [6.07, 6.45) is 3.61. The van der Waals surface area contributed by atoms with E-state index < -0.39 is 0 Å². The van der Waals surface area contributed by atoms with Crippen molar-refractivity contribution in [2.75, 3.05) is 26.7 Å². The molecule has 2 heterocycles. The smallest absolute Gasteiger partial charge is 0.226 e. The molecule has 0 radical (unpaired) electrons. The molecule has 1 aliphatic heterocycles. The molecule has 5 heteroatoms. The Morgan fingerprint density at radius 1 is 1.50 bits per heavy atom. The van der Waals surface area contributed by atoms with Gasteiger partial charge >= 0.3 is 0 Å². The van der Waals surface area contributed by atoms with Gasteiger partial charge < -0.3 is 9.84 Å². The molecule has 1 aromatic heterocycles. The molecule has 0 bridgehead atoms. The zero-order valence-corrected chi connectivity index (χ0v) is 9.65. The number of hydrogen-bond acceptors (Lipinski definition) is 5. The van der Waals surface area contributed by atoms with Crippen molar-refractivity contribution in [3.63, 3.8) is 0 Å². The molecule has 1 unspecified atom stereocenters. The van der Waals surface area contributed by atoms with Crippen LogP contribution in [0.25, 0.3) is 0 Å². The normalized spacial score (nSPS) is 27.2. The summed E-state index contributed by atoms with van der Waals surface area (Å²) < 4.78 is 5.30. The molecule has 1 N–H and O–H groups in total. The van der Waals surface area contributed by atoms with Crippen molar-refractivity contribution in [2.45, 2.75) is 25.3 Å². The molecular formula is C11H18N4O. The lowest BCUT2D eigenvalue weighted by atomic mass is 10.2. The Bertz CT molecular complexity index is 361. The SMILES string of the molecule is CN1CCNCC1c1noc(CC2CC2)n1. The number of hydrogen-bond donors (Lipinski definition) is 1. The summed E-state index contributed by atoms with van der Waals surface area (Å²) in [5, 5.41) is 7.47. The molecule has 1 atom stereocenters. The maximum atomic E-state index is 5.30. The fourth-order valence-corrected chi connectivity index (χ4v) is 2.15. The van der Waals surface area contributed by atoms with Gasteiger partial charge in [0.15, 0.2) is 5.82 Å². The summed E-state index contributed by atoms with van der Waals surface area (Å²) in [5.41, 5.74) is 0. The third-order valence-corrected chi connectivity index (χ3v) is 3.45. The highest BCUT2D eigenvalue weighted by molar-refractivity contribution is 4.99. The number of nitrogens with one attached hydrogen (secondary N) is 1. The molecule has 0 aromatic carbocycles. The zero-order chi connectivity index (χ0) is 11.0. The molecule has 2 fully saturated rings. The maximum Gasteiger partial charge on any atom is 0.226 e. The van der Waals surface area contributed by atoms with Crippen molar-refractivity contribution in [1.82, 2.24) is 20.4 Å². The number of rotatable bonds is 3. The highest BCUT2D eigenvalue weighted by Crippen LogP contribution is 2.32. The molecule has 16 heavy (non-hydrogen) atoms. The van der Waals surface area contributed by atoms with E-state index in [1.165, 1.54) is 12.8 Å². The topological polar surface area (TPSA) is 54.2 Å². The van der Waals surface area contributed by atoms with E-state index in [0.717, 1.165) is 43.7 Å². The van der Waals surface area contributed by atoms with E-state index in [4.69, 9.17) is 4.52 Å². The summed E-state index contributed by atoms with van der Waals surface area (Å²) in [7, 11) is 2.11. The van der Waals surface area contributed by atoms with E-state index in [0.29, 0.717) is 0 Å². The van der Waals surface area contributed by atoms with Crippen LogP contribution in [-0.4, -0.2) is 41.7 Å². The van der Waals surface area contributed by atoms with Gasteiger partial charge in [0.25, 0.3) is 0 Å². The van der Waals surface area contributed by atoms with Gasteiger partial charge in [0.2, 0.25) is 5.89 Å². The Hall–Kier alpha value is -0.940. The first-order valence-corrected chi connectivity index (χ1v) is 6.06. The Balaban J connectivity index is 1.69. The van der Waals surface area contributed by atoms with E-state index >= 15 is 0 Å². The summed E-state index contributed by atoms with van der Waals surface area (Å²) >= 11 is 0. The van der Waals surface area contributed by atoms with Crippen molar-refractivity contribution >= 4 is 0 Å². The Morgan fingerprint density at radius 2 is 2.38 bits per heavy atom.